The molecule has 1 aliphatic carbocycles. The van der Waals surface area contributed by atoms with Gasteiger partial charge in [0.15, 0.2) is 0 Å². The molecular formula is C18H26FN3O2. The van der Waals surface area contributed by atoms with Gasteiger partial charge in [-0.2, -0.15) is 0 Å². The van der Waals surface area contributed by atoms with Crippen molar-refractivity contribution in [3.63, 3.8) is 0 Å². The van der Waals surface area contributed by atoms with E-state index in [9.17, 15) is 14.0 Å². The van der Waals surface area contributed by atoms with Gasteiger partial charge in [-0.05, 0) is 50.1 Å². The summed E-state index contributed by atoms with van der Waals surface area (Å²) in [7, 11) is 1.73. The smallest absolute Gasteiger partial charge is 0.238 e. The maximum absolute atomic E-state index is 12.8. The zero-order valence-corrected chi connectivity index (χ0v) is 14.2. The standard InChI is InChI=1S/C18H26FN3O2/c1-22(12-17(23)20-11-14-5-3-2-4-6-14)13-18(24)21-16-9-7-15(19)8-10-16/h7-10,14H,2-6,11-13H2,1H3,(H,20,23)(H,21,24). The van der Waals surface area contributed by atoms with Gasteiger partial charge in [0.2, 0.25) is 11.8 Å². The Morgan fingerprint density at radius 2 is 1.71 bits per heavy atom. The molecule has 0 saturated heterocycles. The Morgan fingerprint density at radius 3 is 2.38 bits per heavy atom. The largest absolute Gasteiger partial charge is 0.355 e. The Bertz CT molecular complexity index is 542. The second-order valence-electron chi connectivity index (χ2n) is 6.54. The van der Waals surface area contributed by atoms with Crippen LogP contribution in [0.15, 0.2) is 24.3 Å². The van der Waals surface area contributed by atoms with E-state index in [1.54, 1.807) is 11.9 Å². The molecule has 6 heteroatoms. The summed E-state index contributed by atoms with van der Waals surface area (Å²) in [6.07, 6.45) is 6.19. The van der Waals surface area contributed by atoms with Gasteiger partial charge in [0.05, 0.1) is 13.1 Å². The number of nitrogens with zero attached hydrogens (tertiary/aromatic N) is 1. The molecule has 0 atom stereocenters. The Hall–Kier alpha value is -1.95. The van der Waals surface area contributed by atoms with E-state index in [-0.39, 0.29) is 30.7 Å². The molecule has 132 valence electrons. The number of hydrogen-bond acceptors (Lipinski definition) is 3. The lowest BCUT2D eigenvalue weighted by molar-refractivity contribution is -0.123. The molecule has 0 aliphatic heterocycles. The first kappa shape index (κ1) is 18.4. The van der Waals surface area contributed by atoms with Crippen LogP contribution < -0.4 is 10.6 Å². The van der Waals surface area contributed by atoms with Gasteiger partial charge in [-0.15, -0.1) is 0 Å². The van der Waals surface area contributed by atoms with E-state index in [4.69, 9.17) is 0 Å². The Morgan fingerprint density at radius 1 is 1.08 bits per heavy atom. The van der Waals surface area contributed by atoms with Crippen LogP contribution >= 0.6 is 0 Å². The molecule has 24 heavy (non-hydrogen) atoms. The maximum Gasteiger partial charge on any atom is 0.238 e. The van der Waals surface area contributed by atoms with Gasteiger partial charge in [0.1, 0.15) is 5.82 Å². The number of amides is 2. The number of carbonyl (C=O) groups is 2. The number of hydrogen-bond donors (Lipinski definition) is 2. The second-order valence-corrected chi connectivity index (χ2v) is 6.54. The highest BCUT2D eigenvalue weighted by Crippen LogP contribution is 2.22. The van der Waals surface area contributed by atoms with Crippen LogP contribution in [0.3, 0.4) is 0 Å². The molecule has 5 nitrogen and oxygen atoms in total. The summed E-state index contributed by atoms with van der Waals surface area (Å²) in [6.45, 7) is 1.02. The summed E-state index contributed by atoms with van der Waals surface area (Å²) in [5.74, 6) is -0.0450. The SMILES string of the molecule is CN(CC(=O)NCC1CCCCC1)CC(=O)Nc1ccc(F)cc1. The number of benzene rings is 1. The molecule has 1 fully saturated rings. The molecule has 2 amide bonds. The maximum atomic E-state index is 12.8. The van der Waals surface area contributed by atoms with Crippen LogP contribution in [0, 0.1) is 11.7 Å². The average molecular weight is 335 g/mol. The lowest BCUT2D eigenvalue weighted by Gasteiger charge is -2.22. The molecule has 2 N–H and O–H groups in total. The fraction of sp³-hybridized carbons (Fsp3) is 0.556. The summed E-state index contributed by atoms with van der Waals surface area (Å²) in [6, 6.07) is 5.59. The summed E-state index contributed by atoms with van der Waals surface area (Å²) >= 11 is 0. The third kappa shape index (κ3) is 6.66. The molecule has 0 aromatic heterocycles. The van der Waals surface area contributed by atoms with Gasteiger partial charge in [-0.1, -0.05) is 19.3 Å². The Labute approximate surface area is 142 Å². The van der Waals surface area contributed by atoms with Crippen molar-refractivity contribution in [1.29, 1.82) is 0 Å². The third-order valence-electron chi connectivity index (χ3n) is 4.27. The summed E-state index contributed by atoms with van der Waals surface area (Å²) in [5, 5.41) is 5.64. The molecule has 0 spiro atoms. The number of anilines is 1. The monoisotopic (exact) mass is 335 g/mol. The zero-order valence-electron chi connectivity index (χ0n) is 14.2. The van der Waals surface area contributed by atoms with Crippen LogP contribution in [0.25, 0.3) is 0 Å². The molecule has 0 bridgehead atoms. The van der Waals surface area contributed by atoms with Gasteiger partial charge in [0, 0.05) is 12.2 Å². The van der Waals surface area contributed by atoms with E-state index in [0.29, 0.717) is 11.6 Å². The highest BCUT2D eigenvalue weighted by Gasteiger charge is 2.15. The number of nitrogens with one attached hydrogen (secondary N) is 2. The minimum Gasteiger partial charge on any atom is -0.355 e. The second kappa shape index (κ2) is 9.37. The van der Waals surface area contributed by atoms with E-state index >= 15 is 0 Å². The summed E-state index contributed by atoms with van der Waals surface area (Å²) < 4.78 is 12.8. The Kier molecular flexibility index (Phi) is 7.18. The van der Waals surface area contributed by atoms with Gasteiger partial charge >= 0.3 is 0 Å². The molecule has 2 rings (SSSR count). The minimum atomic E-state index is -0.347. The van der Waals surface area contributed by atoms with Gasteiger partial charge in [-0.3, -0.25) is 14.5 Å². The van der Waals surface area contributed by atoms with Crippen molar-refractivity contribution < 1.29 is 14.0 Å². The topological polar surface area (TPSA) is 61.4 Å². The van der Waals surface area contributed by atoms with E-state index in [1.807, 2.05) is 0 Å². The molecule has 1 aliphatic rings. The lowest BCUT2D eigenvalue weighted by atomic mass is 9.89. The Balaban J connectivity index is 1.65. The number of halogens is 1. The van der Waals surface area contributed by atoms with Gasteiger partial charge < -0.3 is 10.6 Å². The first-order valence-corrected chi connectivity index (χ1v) is 8.53. The van der Waals surface area contributed by atoms with Crippen molar-refractivity contribution >= 4 is 17.5 Å². The first-order chi connectivity index (χ1) is 11.5. The summed E-state index contributed by atoms with van der Waals surface area (Å²) in [5.41, 5.74) is 0.538. The normalized spacial score (nSPS) is 15.3. The van der Waals surface area contributed by atoms with Crippen LogP contribution in [0.5, 0.6) is 0 Å². The van der Waals surface area contributed by atoms with Crippen molar-refractivity contribution in [1.82, 2.24) is 10.2 Å². The van der Waals surface area contributed by atoms with Crippen LogP contribution in [-0.2, 0) is 9.59 Å². The molecule has 0 unspecified atom stereocenters. The van der Waals surface area contributed by atoms with Crippen molar-refractivity contribution in [2.45, 2.75) is 32.1 Å². The molecule has 1 aromatic rings. The third-order valence-corrected chi connectivity index (χ3v) is 4.27. The molecule has 1 aromatic carbocycles. The van der Waals surface area contributed by atoms with Crippen LogP contribution in [0.2, 0.25) is 0 Å². The van der Waals surface area contributed by atoms with Crippen LogP contribution in [0.1, 0.15) is 32.1 Å². The van der Waals surface area contributed by atoms with Crippen LogP contribution in [0.4, 0.5) is 10.1 Å². The molecule has 0 radical (unpaired) electrons. The van der Waals surface area contributed by atoms with E-state index < -0.39 is 0 Å². The fourth-order valence-electron chi connectivity index (χ4n) is 2.99. The first-order valence-electron chi connectivity index (χ1n) is 8.53. The van der Waals surface area contributed by atoms with E-state index in [2.05, 4.69) is 10.6 Å². The minimum absolute atomic E-state index is 0.0577. The number of carbonyl (C=O) groups excluding carboxylic acids is 2. The van der Waals surface area contributed by atoms with E-state index in [1.165, 1.54) is 56.4 Å². The van der Waals surface area contributed by atoms with Crippen molar-refractivity contribution in [2.24, 2.45) is 5.92 Å². The lowest BCUT2D eigenvalue weighted by Crippen LogP contribution is -2.40. The number of likely N-dealkylation sites (N-methyl/N-ethyl adjacent to an activating group) is 1. The van der Waals surface area contributed by atoms with Crippen LogP contribution in [-0.4, -0.2) is 43.4 Å². The highest BCUT2D eigenvalue weighted by atomic mass is 19.1. The molecule has 0 heterocycles. The van der Waals surface area contributed by atoms with Crippen molar-refractivity contribution in [3.8, 4) is 0 Å². The predicted molar refractivity (Wildman–Crippen MR) is 92.1 cm³/mol. The summed E-state index contributed by atoms with van der Waals surface area (Å²) in [4.78, 5) is 25.5. The number of rotatable bonds is 7. The predicted octanol–water partition coefficient (Wildman–Crippen LogP) is 2.39. The zero-order chi connectivity index (χ0) is 17.4. The molecule has 1 saturated carbocycles. The van der Waals surface area contributed by atoms with Crippen molar-refractivity contribution in [3.05, 3.63) is 30.1 Å². The van der Waals surface area contributed by atoms with Gasteiger partial charge in [-0.25, -0.2) is 4.39 Å². The van der Waals surface area contributed by atoms with Crippen molar-refractivity contribution in [2.75, 3.05) is 32.0 Å². The average Bonchev–Trinajstić information content (AvgIpc) is 2.56. The van der Waals surface area contributed by atoms with E-state index in [0.717, 1.165) is 6.54 Å². The molecular weight excluding hydrogens is 309 g/mol. The quantitative estimate of drug-likeness (QED) is 0.804. The van der Waals surface area contributed by atoms with Gasteiger partial charge in [0.25, 0.3) is 0 Å². The highest BCUT2D eigenvalue weighted by molar-refractivity contribution is 5.92. The fourth-order valence-corrected chi connectivity index (χ4v) is 2.99.